The van der Waals surface area contributed by atoms with Gasteiger partial charge in [0.2, 0.25) is 5.95 Å². The first-order valence-electron chi connectivity index (χ1n) is 9.41. The molecule has 1 aliphatic heterocycles. The summed E-state index contributed by atoms with van der Waals surface area (Å²) in [6.07, 6.45) is 1.62. The predicted octanol–water partition coefficient (Wildman–Crippen LogP) is 3.81. The summed E-state index contributed by atoms with van der Waals surface area (Å²) < 4.78 is 5.46. The van der Waals surface area contributed by atoms with Gasteiger partial charge in [-0.05, 0) is 49.2 Å². The SMILES string of the molecule is Cc1cc(C)cc(Nc2cnnc(Nc3ccccc3N3CCOCC3)n2)c1. The molecule has 0 spiro atoms. The molecule has 1 aliphatic rings. The van der Waals surface area contributed by atoms with Crippen LogP contribution >= 0.6 is 0 Å². The fraction of sp³-hybridized carbons (Fsp3) is 0.286. The minimum absolute atomic E-state index is 0.454. The topological polar surface area (TPSA) is 75.2 Å². The van der Waals surface area contributed by atoms with Gasteiger partial charge < -0.3 is 20.3 Å². The van der Waals surface area contributed by atoms with Crippen molar-refractivity contribution in [2.75, 3.05) is 41.8 Å². The summed E-state index contributed by atoms with van der Waals surface area (Å²) >= 11 is 0. The molecule has 2 N–H and O–H groups in total. The first kappa shape index (κ1) is 18.2. The van der Waals surface area contributed by atoms with Crippen LogP contribution in [0.15, 0.2) is 48.7 Å². The highest BCUT2D eigenvalue weighted by molar-refractivity contribution is 5.73. The zero-order valence-electron chi connectivity index (χ0n) is 16.1. The number of nitrogens with zero attached hydrogens (tertiary/aromatic N) is 4. The van der Waals surface area contributed by atoms with E-state index in [1.807, 2.05) is 18.2 Å². The number of morpholine rings is 1. The number of rotatable bonds is 5. The molecule has 1 aromatic heterocycles. The van der Waals surface area contributed by atoms with Crippen LogP contribution in [0.2, 0.25) is 0 Å². The maximum Gasteiger partial charge on any atom is 0.249 e. The molecule has 2 heterocycles. The molecule has 7 heteroatoms. The number of benzene rings is 2. The standard InChI is InChI=1S/C21H24N6O/c1-15-11-16(2)13-17(12-15)23-20-14-22-26-21(25-20)24-18-5-3-4-6-19(18)27-7-9-28-10-8-27/h3-6,11-14H,7-10H2,1-2H3,(H2,23,24,25,26). The van der Waals surface area contributed by atoms with E-state index in [1.165, 1.54) is 11.1 Å². The smallest absolute Gasteiger partial charge is 0.249 e. The lowest BCUT2D eigenvalue weighted by molar-refractivity contribution is 0.123. The minimum atomic E-state index is 0.454. The highest BCUT2D eigenvalue weighted by Gasteiger charge is 2.15. The van der Waals surface area contributed by atoms with E-state index in [1.54, 1.807) is 6.20 Å². The molecule has 0 bridgehead atoms. The van der Waals surface area contributed by atoms with Crippen molar-refractivity contribution >= 4 is 28.8 Å². The quantitative estimate of drug-likeness (QED) is 0.701. The average molecular weight is 376 g/mol. The maximum atomic E-state index is 5.46. The summed E-state index contributed by atoms with van der Waals surface area (Å²) in [5.41, 5.74) is 5.44. The van der Waals surface area contributed by atoms with Gasteiger partial charge in [0.05, 0.1) is 30.8 Å². The van der Waals surface area contributed by atoms with Crippen LogP contribution < -0.4 is 15.5 Å². The summed E-state index contributed by atoms with van der Waals surface area (Å²) in [4.78, 5) is 6.87. The lowest BCUT2D eigenvalue weighted by Crippen LogP contribution is -2.36. The Labute approximate surface area is 164 Å². The first-order valence-corrected chi connectivity index (χ1v) is 9.41. The summed E-state index contributed by atoms with van der Waals surface area (Å²) in [5, 5.41) is 14.9. The fourth-order valence-corrected chi connectivity index (χ4v) is 3.39. The Hall–Kier alpha value is -3.19. The van der Waals surface area contributed by atoms with Gasteiger partial charge in [0.15, 0.2) is 5.82 Å². The molecule has 0 atom stereocenters. The molecule has 144 valence electrons. The lowest BCUT2D eigenvalue weighted by atomic mass is 10.1. The van der Waals surface area contributed by atoms with E-state index in [-0.39, 0.29) is 0 Å². The second-order valence-electron chi connectivity index (χ2n) is 6.91. The summed E-state index contributed by atoms with van der Waals surface area (Å²) in [5.74, 6) is 1.10. The van der Waals surface area contributed by atoms with Gasteiger partial charge in [-0.15, -0.1) is 5.10 Å². The van der Waals surface area contributed by atoms with Crippen LogP contribution in [0.5, 0.6) is 0 Å². The molecule has 0 radical (unpaired) electrons. The van der Waals surface area contributed by atoms with Gasteiger partial charge in [0.1, 0.15) is 0 Å². The van der Waals surface area contributed by atoms with Crippen LogP contribution in [0.4, 0.5) is 28.8 Å². The van der Waals surface area contributed by atoms with Gasteiger partial charge in [-0.25, -0.2) is 0 Å². The molecule has 1 saturated heterocycles. The van der Waals surface area contributed by atoms with Crippen molar-refractivity contribution in [3.05, 3.63) is 59.8 Å². The molecular weight excluding hydrogens is 352 g/mol. The molecule has 3 aromatic rings. The van der Waals surface area contributed by atoms with Crippen molar-refractivity contribution in [1.82, 2.24) is 15.2 Å². The molecule has 0 unspecified atom stereocenters. The molecule has 1 fully saturated rings. The molecule has 0 aliphatic carbocycles. The molecular formula is C21H24N6O. The van der Waals surface area contributed by atoms with Gasteiger partial charge in [0.25, 0.3) is 0 Å². The molecule has 2 aromatic carbocycles. The van der Waals surface area contributed by atoms with Crippen molar-refractivity contribution in [1.29, 1.82) is 0 Å². The molecule has 28 heavy (non-hydrogen) atoms. The predicted molar refractivity (Wildman–Crippen MR) is 112 cm³/mol. The minimum Gasteiger partial charge on any atom is -0.378 e. The van der Waals surface area contributed by atoms with E-state index in [0.29, 0.717) is 11.8 Å². The summed E-state index contributed by atoms with van der Waals surface area (Å²) in [6, 6.07) is 14.5. The van der Waals surface area contributed by atoms with Crippen molar-refractivity contribution in [2.24, 2.45) is 0 Å². The van der Waals surface area contributed by atoms with Crippen LogP contribution in [0.1, 0.15) is 11.1 Å². The third kappa shape index (κ3) is 4.37. The normalized spacial score (nSPS) is 14.0. The zero-order valence-corrected chi connectivity index (χ0v) is 16.1. The number of anilines is 5. The maximum absolute atomic E-state index is 5.46. The van der Waals surface area contributed by atoms with Gasteiger partial charge in [-0.2, -0.15) is 10.1 Å². The van der Waals surface area contributed by atoms with E-state index < -0.39 is 0 Å². The van der Waals surface area contributed by atoms with E-state index in [0.717, 1.165) is 43.4 Å². The number of ether oxygens (including phenoxy) is 1. The molecule has 0 saturated carbocycles. The summed E-state index contributed by atoms with van der Waals surface area (Å²) in [6.45, 7) is 7.36. The number of aromatic nitrogens is 3. The Morgan fingerprint density at radius 2 is 1.71 bits per heavy atom. The second-order valence-corrected chi connectivity index (χ2v) is 6.91. The average Bonchev–Trinajstić information content (AvgIpc) is 2.69. The van der Waals surface area contributed by atoms with Gasteiger partial charge >= 0.3 is 0 Å². The lowest BCUT2D eigenvalue weighted by Gasteiger charge is -2.30. The van der Waals surface area contributed by atoms with Gasteiger partial charge in [-0.1, -0.05) is 18.2 Å². The number of hydrogen-bond acceptors (Lipinski definition) is 7. The van der Waals surface area contributed by atoms with Gasteiger partial charge in [-0.3, -0.25) is 0 Å². The first-order chi connectivity index (χ1) is 13.7. The van der Waals surface area contributed by atoms with Crippen LogP contribution in [-0.2, 0) is 4.74 Å². The van der Waals surface area contributed by atoms with E-state index in [4.69, 9.17) is 4.74 Å². The Morgan fingerprint density at radius 3 is 2.50 bits per heavy atom. The Balaban J connectivity index is 1.54. The van der Waals surface area contributed by atoms with Crippen molar-refractivity contribution < 1.29 is 4.74 Å². The van der Waals surface area contributed by atoms with Crippen LogP contribution in [0.3, 0.4) is 0 Å². The van der Waals surface area contributed by atoms with E-state index >= 15 is 0 Å². The van der Waals surface area contributed by atoms with Crippen LogP contribution in [0, 0.1) is 13.8 Å². The number of aryl methyl sites for hydroxylation is 2. The highest BCUT2D eigenvalue weighted by atomic mass is 16.5. The number of para-hydroxylation sites is 2. The molecule has 7 nitrogen and oxygen atoms in total. The van der Waals surface area contributed by atoms with Crippen LogP contribution in [-0.4, -0.2) is 41.5 Å². The van der Waals surface area contributed by atoms with Gasteiger partial charge in [0, 0.05) is 18.8 Å². The fourth-order valence-electron chi connectivity index (χ4n) is 3.39. The third-order valence-corrected chi connectivity index (χ3v) is 4.56. The Kier molecular flexibility index (Phi) is 5.34. The van der Waals surface area contributed by atoms with Crippen LogP contribution in [0.25, 0.3) is 0 Å². The van der Waals surface area contributed by atoms with Crippen molar-refractivity contribution in [3.8, 4) is 0 Å². The number of hydrogen-bond donors (Lipinski definition) is 2. The highest BCUT2D eigenvalue weighted by Crippen LogP contribution is 2.28. The molecule has 4 rings (SSSR count). The monoisotopic (exact) mass is 376 g/mol. The second kappa shape index (κ2) is 8.22. The molecule has 0 amide bonds. The van der Waals surface area contributed by atoms with Crippen molar-refractivity contribution in [2.45, 2.75) is 13.8 Å². The zero-order chi connectivity index (χ0) is 19.3. The van der Waals surface area contributed by atoms with Crippen molar-refractivity contribution in [3.63, 3.8) is 0 Å². The van der Waals surface area contributed by atoms with E-state index in [2.05, 4.69) is 68.8 Å². The Bertz CT molecular complexity index is 935. The van der Waals surface area contributed by atoms with E-state index in [9.17, 15) is 0 Å². The largest absolute Gasteiger partial charge is 0.378 e. The number of nitrogens with one attached hydrogen (secondary N) is 2. The Morgan fingerprint density at radius 1 is 0.964 bits per heavy atom. The summed E-state index contributed by atoms with van der Waals surface area (Å²) in [7, 11) is 0. The third-order valence-electron chi connectivity index (χ3n) is 4.56.